The molecule has 1 amide bonds. The second-order valence-electron chi connectivity index (χ2n) is 8.71. The van der Waals surface area contributed by atoms with Crippen molar-refractivity contribution in [1.29, 1.82) is 0 Å². The Morgan fingerprint density at radius 1 is 0.941 bits per heavy atom. The molecule has 0 aliphatic heterocycles. The molecule has 1 saturated carbocycles. The summed E-state index contributed by atoms with van der Waals surface area (Å²) in [6.45, 7) is 3.38. The van der Waals surface area contributed by atoms with Crippen molar-refractivity contribution in [2.45, 2.75) is 50.5 Å². The molecule has 0 saturated heterocycles. The zero-order chi connectivity index (χ0) is 24.1. The number of para-hydroxylation sites is 1. The molecule has 0 spiro atoms. The first-order valence-electron chi connectivity index (χ1n) is 11.5. The van der Waals surface area contributed by atoms with Crippen molar-refractivity contribution in [2.75, 3.05) is 16.2 Å². The molecule has 1 N–H and O–H groups in total. The van der Waals surface area contributed by atoms with E-state index >= 15 is 0 Å². The predicted octanol–water partition coefficient (Wildman–Crippen LogP) is 5.46. The van der Waals surface area contributed by atoms with Crippen LogP contribution in [0.5, 0.6) is 5.75 Å². The average Bonchev–Trinajstić information content (AvgIpc) is 3.33. The number of carbonyl (C=O) groups excluding carboxylic acids is 1. The van der Waals surface area contributed by atoms with E-state index in [2.05, 4.69) is 5.32 Å². The van der Waals surface area contributed by atoms with Gasteiger partial charge in [0.1, 0.15) is 12.3 Å². The highest BCUT2D eigenvalue weighted by atomic mass is 32.2. The highest BCUT2D eigenvalue weighted by Gasteiger charge is 2.28. The molecule has 6 nitrogen and oxygen atoms in total. The zero-order valence-corrected chi connectivity index (χ0v) is 20.3. The molecule has 1 aliphatic rings. The summed E-state index contributed by atoms with van der Waals surface area (Å²) in [5.74, 6) is 0.344. The Hall–Kier alpha value is -3.32. The molecular weight excluding hydrogens is 448 g/mol. The van der Waals surface area contributed by atoms with E-state index in [9.17, 15) is 13.2 Å². The largest absolute Gasteiger partial charge is 0.490 e. The summed E-state index contributed by atoms with van der Waals surface area (Å²) in [6, 6.07) is 21.0. The van der Waals surface area contributed by atoms with E-state index in [-0.39, 0.29) is 17.5 Å². The number of amides is 1. The first kappa shape index (κ1) is 23.8. The Labute approximate surface area is 201 Å². The van der Waals surface area contributed by atoms with Crippen LogP contribution in [0.3, 0.4) is 0 Å². The SMILES string of the molecule is Cc1ccc(S(=O)(=O)N(CC(=O)Nc2ccc(OC3CCCC3)cc2)c2ccccc2C)cc1. The van der Waals surface area contributed by atoms with Crippen molar-refractivity contribution < 1.29 is 17.9 Å². The first-order chi connectivity index (χ1) is 16.3. The second-order valence-corrected chi connectivity index (χ2v) is 10.6. The minimum Gasteiger partial charge on any atom is -0.490 e. The Kier molecular flexibility index (Phi) is 7.22. The molecule has 0 aromatic heterocycles. The van der Waals surface area contributed by atoms with Gasteiger partial charge in [0.05, 0.1) is 16.7 Å². The van der Waals surface area contributed by atoms with E-state index in [1.54, 1.807) is 48.5 Å². The van der Waals surface area contributed by atoms with E-state index < -0.39 is 15.9 Å². The minimum atomic E-state index is -3.95. The fraction of sp³-hybridized carbons (Fsp3) is 0.296. The molecule has 7 heteroatoms. The van der Waals surface area contributed by atoms with E-state index in [1.807, 2.05) is 38.1 Å². The number of anilines is 2. The average molecular weight is 479 g/mol. The van der Waals surface area contributed by atoms with Gasteiger partial charge >= 0.3 is 0 Å². The summed E-state index contributed by atoms with van der Waals surface area (Å²) in [7, 11) is -3.95. The third-order valence-corrected chi connectivity index (χ3v) is 7.80. The summed E-state index contributed by atoms with van der Waals surface area (Å²) >= 11 is 0. The van der Waals surface area contributed by atoms with Crippen LogP contribution >= 0.6 is 0 Å². The van der Waals surface area contributed by atoms with Gasteiger partial charge in [0, 0.05) is 5.69 Å². The Bertz CT molecular complexity index is 1230. The number of benzene rings is 3. The molecule has 0 unspecified atom stereocenters. The Morgan fingerprint density at radius 3 is 2.24 bits per heavy atom. The fourth-order valence-electron chi connectivity index (χ4n) is 4.13. The highest BCUT2D eigenvalue weighted by Crippen LogP contribution is 2.28. The number of carbonyl (C=O) groups is 1. The molecule has 178 valence electrons. The molecule has 3 aromatic carbocycles. The van der Waals surface area contributed by atoms with Crippen LogP contribution in [0.15, 0.2) is 77.7 Å². The summed E-state index contributed by atoms with van der Waals surface area (Å²) in [4.78, 5) is 13.1. The van der Waals surface area contributed by atoms with Gasteiger partial charge in [-0.15, -0.1) is 0 Å². The van der Waals surface area contributed by atoms with E-state index in [0.717, 1.165) is 29.7 Å². The van der Waals surface area contributed by atoms with Gasteiger partial charge in [0.2, 0.25) is 5.91 Å². The van der Waals surface area contributed by atoms with Crippen molar-refractivity contribution in [2.24, 2.45) is 0 Å². The number of rotatable bonds is 8. The van der Waals surface area contributed by atoms with Crippen molar-refractivity contribution in [1.82, 2.24) is 0 Å². The van der Waals surface area contributed by atoms with Gasteiger partial charge in [-0.1, -0.05) is 35.9 Å². The Morgan fingerprint density at radius 2 is 1.59 bits per heavy atom. The molecule has 1 fully saturated rings. The van der Waals surface area contributed by atoms with Crippen LogP contribution in [-0.4, -0.2) is 27.0 Å². The third kappa shape index (κ3) is 5.59. The minimum absolute atomic E-state index is 0.141. The lowest BCUT2D eigenvalue weighted by Crippen LogP contribution is -2.38. The standard InChI is InChI=1S/C27H30N2O4S/c1-20-11-17-25(18-12-20)34(31,32)29(26-10-6-3-7-21(26)2)19-27(30)28-22-13-15-24(16-14-22)33-23-8-4-5-9-23/h3,6-7,10-18,23H,4-5,8-9,19H2,1-2H3,(H,28,30). The maximum atomic E-state index is 13.5. The van der Waals surface area contributed by atoms with Gasteiger partial charge in [-0.2, -0.15) is 0 Å². The molecule has 4 rings (SSSR count). The van der Waals surface area contributed by atoms with Crippen LogP contribution in [0, 0.1) is 13.8 Å². The molecule has 0 atom stereocenters. The number of hydrogen-bond acceptors (Lipinski definition) is 4. The maximum Gasteiger partial charge on any atom is 0.264 e. The van der Waals surface area contributed by atoms with Crippen molar-refractivity contribution in [3.05, 3.63) is 83.9 Å². The van der Waals surface area contributed by atoms with Crippen LogP contribution in [0.4, 0.5) is 11.4 Å². The molecular formula is C27H30N2O4S. The van der Waals surface area contributed by atoms with Crippen LogP contribution in [0.25, 0.3) is 0 Å². The van der Waals surface area contributed by atoms with Gasteiger partial charge in [-0.25, -0.2) is 8.42 Å². The molecule has 3 aromatic rings. The zero-order valence-electron chi connectivity index (χ0n) is 19.5. The summed E-state index contributed by atoms with van der Waals surface area (Å²) in [6.07, 6.45) is 4.80. The number of nitrogens with zero attached hydrogens (tertiary/aromatic N) is 1. The number of hydrogen-bond donors (Lipinski definition) is 1. The molecule has 0 bridgehead atoms. The van der Waals surface area contributed by atoms with Crippen molar-refractivity contribution in [3.63, 3.8) is 0 Å². The number of nitrogens with one attached hydrogen (secondary N) is 1. The van der Waals surface area contributed by atoms with Crippen molar-refractivity contribution in [3.8, 4) is 5.75 Å². The van der Waals surface area contributed by atoms with Gasteiger partial charge in [0.15, 0.2) is 0 Å². The van der Waals surface area contributed by atoms with Crippen molar-refractivity contribution >= 4 is 27.3 Å². The van der Waals surface area contributed by atoms with E-state index in [1.165, 1.54) is 17.1 Å². The second kappa shape index (κ2) is 10.3. The molecule has 1 aliphatic carbocycles. The number of ether oxygens (including phenoxy) is 1. The van der Waals surface area contributed by atoms with Crippen LogP contribution in [0.1, 0.15) is 36.8 Å². The maximum absolute atomic E-state index is 13.5. The fourth-order valence-corrected chi connectivity index (χ4v) is 5.61. The number of aryl methyl sites for hydroxylation is 2. The highest BCUT2D eigenvalue weighted by molar-refractivity contribution is 7.92. The van der Waals surface area contributed by atoms with Crippen LogP contribution < -0.4 is 14.4 Å². The summed E-state index contributed by atoms with van der Waals surface area (Å²) in [5, 5.41) is 2.81. The molecule has 0 heterocycles. The summed E-state index contributed by atoms with van der Waals surface area (Å²) < 4.78 is 34.2. The van der Waals surface area contributed by atoms with E-state index in [0.29, 0.717) is 11.4 Å². The molecule has 34 heavy (non-hydrogen) atoms. The van der Waals surface area contributed by atoms with Gasteiger partial charge in [0.25, 0.3) is 10.0 Å². The lowest BCUT2D eigenvalue weighted by atomic mass is 10.2. The quantitative estimate of drug-likeness (QED) is 0.467. The van der Waals surface area contributed by atoms with Gasteiger partial charge in [-0.3, -0.25) is 9.10 Å². The smallest absolute Gasteiger partial charge is 0.264 e. The normalized spacial score (nSPS) is 14.1. The van der Waals surface area contributed by atoms with Crippen LogP contribution in [0.2, 0.25) is 0 Å². The van der Waals surface area contributed by atoms with Crippen LogP contribution in [-0.2, 0) is 14.8 Å². The monoisotopic (exact) mass is 478 g/mol. The summed E-state index contributed by atoms with van der Waals surface area (Å²) in [5.41, 5.74) is 2.78. The molecule has 0 radical (unpaired) electrons. The van der Waals surface area contributed by atoms with E-state index in [4.69, 9.17) is 4.74 Å². The van der Waals surface area contributed by atoms with Gasteiger partial charge < -0.3 is 10.1 Å². The Balaban J connectivity index is 1.52. The van der Waals surface area contributed by atoms with Gasteiger partial charge in [-0.05, 0) is 87.6 Å². The third-order valence-electron chi connectivity index (χ3n) is 6.02. The topological polar surface area (TPSA) is 75.7 Å². The number of sulfonamides is 1. The predicted molar refractivity (Wildman–Crippen MR) is 135 cm³/mol. The lowest BCUT2D eigenvalue weighted by molar-refractivity contribution is -0.114. The first-order valence-corrected chi connectivity index (χ1v) is 13.0. The lowest BCUT2D eigenvalue weighted by Gasteiger charge is -2.25.